The highest BCUT2D eigenvalue weighted by Gasteiger charge is 2.17. The Balaban J connectivity index is 1.82. The number of anilines is 2. The number of nitrogens with one attached hydrogen (secondary N) is 1. The number of fused-ring (bicyclic) bond motifs is 1. The molecule has 2 heterocycles. The second-order valence-corrected chi connectivity index (χ2v) is 7.82. The minimum atomic E-state index is -0.0455. The third kappa shape index (κ3) is 3.86. The van der Waals surface area contributed by atoms with E-state index in [0.29, 0.717) is 0 Å². The Morgan fingerprint density at radius 2 is 1.75 bits per heavy atom. The van der Waals surface area contributed by atoms with Crippen LogP contribution in [0.3, 0.4) is 0 Å². The lowest BCUT2D eigenvalue weighted by Gasteiger charge is -2.30. The molecule has 144 valence electrons. The van der Waals surface area contributed by atoms with Crippen LogP contribution in [0.5, 0.6) is 0 Å². The highest BCUT2D eigenvalue weighted by molar-refractivity contribution is 5.99. The molecule has 4 heteroatoms. The smallest absolute Gasteiger partial charge is 0.226 e. The lowest BCUT2D eigenvalue weighted by atomic mass is 10.0. The molecule has 1 aromatic heterocycles. The first kappa shape index (κ1) is 18.5. The zero-order valence-corrected chi connectivity index (χ0v) is 16.6. The molecule has 1 saturated heterocycles. The molecule has 0 radical (unpaired) electrons. The molecule has 1 N–H and O–H groups in total. The van der Waals surface area contributed by atoms with Crippen LogP contribution in [0.1, 0.15) is 33.1 Å². The maximum atomic E-state index is 12.1. The number of pyridine rings is 1. The quantitative estimate of drug-likeness (QED) is 0.658. The minimum absolute atomic E-state index is 0.0349. The molecular weight excluding hydrogens is 346 g/mol. The first-order valence-electron chi connectivity index (χ1n) is 10.2. The normalized spacial score (nSPS) is 14.5. The van der Waals surface area contributed by atoms with Crippen LogP contribution in [0.4, 0.5) is 11.4 Å². The summed E-state index contributed by atoms with van der Waals surface area (Å²) >= 11 is 0. The second-order valence-electron chi connectivity index (χ2n) is 7.82. The highest BCUT2D eigenvalue weighted by Crippen LogP contribution is 2.34. The standard InChI is InChI=1S/C24H27N3O/c1-17(2)24(28)25-19-11-12-21-20(15-19)23(27-13-7-4-8-14-27)16-22(26-21)18-9-5-3-6-10-18/h3,5-6,9-12,15-17H,4,7-8,13-14H2,1-2H3,(H,25,28). The van der Waals surface area contributed by atoms with Gasteiger partial charge in [0.25, 0.3) is 0 Å². The summed E-state index contributed by atoms with van der Waals surface area (Å²) < 4.78 is 0. The zero-order chi connectivity index (χ0) is 19.5. The molecule has 4 rings (SSSR count). The third-order valence-electron chi connectivity index (χ3n) is 5.35. The number of benzene rings is 2. The largest absolute Gasteiger partial charge is 0.371 e. The van der Waals surface area contributed by atoms with Gasteiger partial charge in [-0.15, -0.1) is 0 Å². The fourth-order valence-electron chi connectivity index (χ4n) is 3.73. The highest BCUT2D eigenvalue weighted by atomic mass is 16.1. The van der Waals surface area contributed by atoms with Crippen molar-refractivity contribution in [2.75, 3.05) is 23.3 Å². The van der Waals surface area contributed by atoms with Gasteiger partial charge in [-0.1, -0.05) is 44.2 Å². The third-order valence-corrected chi connectivity index (χ3v) is 5.35. The van der Waals surface area contributed by atoms with E-state index in [2.05, 4.69) is 34.5 Å². The lowest BCUT2D eigenvalue weighted by molar-refractivity contribution is -0.118. The summed E-state index contributed by atoms with van der Waals surface area (Å²) in [6.45, 7) is 5.94. The summed E-state index contributed by atoms with van der Waals surface area (Å²) in [5, 5.41) is 4.12. The Labute approximate surface area is 166 Å². The molecule has 1 aliphatic heterocycles. The fourth-order valence-corrected chi connectivity index (χ4v) is 3.73. The van der Waals surface area contributed by atoms with E-state index in [0.717, 1.165) is 40.9 Å². The Bertz CT molecular complexity index is 976. The number of carbonyl (C=O) groups excluding carboxylic acids is 1. The first-order valence-corrected chi connectivity index (χ1v) is 10.2. The van der Waals surface area contributed by atoms with Gasteiger partial charge >= 0.3 is 0 Å². The van der Waals surface area contributed by atoms with Gasteiger partial charge in [0.2, 0.25) is 5.91 Å². The van der Waals surface area contributed by atoms with Crippen molar-refractivity contribution in [1.82, 2.24) is 4.98 Å². The summed E-state index contributed by atoms with van der Waals surface area (Å²) in [4.78, 5) is 19.5. The molecule has 0 atom stereocenters. The average molecular weight is 374 g/mol. The molecule has 0 aliphatic carbocycles. The zero-order valence-electron chi connectivity index (χ0n) is 16.6. The fraction of sp³-hybridized carbons (Fsp3) is 0.333. The van der Waals surface area contributed by atoms with Gasteiger partial charge in [0.1, 0.15) is 0 Å². The monoisotopic (exact) mass is 373 g/mol. The SMILES string of the molecule is CC(C)C(=O)Nc1ccc2nc(-c3ccccc3)cc(N3CCCCC3)c2c1. The van der Waals surface area contributed by atoms with Gasteiger partial charge in [-0.3, -0.25) is 4.79 Å². The predicted molar refractivity (Wildman–Crippen MR) is 117 cm³/mol. The van der Waals surface area contributed by atoms with Gasteiger partial charge in [0.15, 0.2) is 0 Å². The van der Waals surface area contributed by atoms with Gasteiger partial charge in [-0.05, 0) is 43.5 Å². The van der Waals surface area contributed by atoms with Crippen LogP contribution in [0.15, 0.2) is 54.6 Å². The Morgan fingerprint density at radius 1 is 1.00 bits per heavy atom. The number of piperidine rings is 1. The van der Waals surface area contributed by atoms with Gasteiger partial charge in [-0.2, -0.15) is 0 Å². The number of nitrogens with zero attached hydrogens (tertiary/aromatic N) is 2. The van der Waals surface area contributed by atoms with Gasteiger partial charge in [0.05, 0.1) is 11.2 Å². The summed E-state index contributed by atoms with van der Waals surface area (Å²) in [5.41, 5.74) is 5.12. The maximum absolute atomic E-state index is 12.1. The van der Waals surface area contributed by atoms with Crippen molar-refractivity contribution in [2.45, 2.75) is 33.1 Å². The van der Waals surface area contributed by atoms with Gasteiger partial charge in [-0.25, -0.2) is 4.98 Å². The van der Waals surface area contributed by atoms with E-state index in [4.69, 9.17) is 4.98 Å². The minimum Gasteiger partial charge on any atom is -0.371 e. The van der Waals surface area contributed by atoms with Crippen molar-refractivity contribution in [2.24, 2.45) is 5.92 Å². The van der Waals surface area contributed by atoms with Crippen molar-refractivity contribution in [3.05, 3.63) is 54.6 Å². The second kappa shape index (κ2) is 8.01. The van der Waals surface area contributed by atoms with Crippen LogP contribution < -0.4 is 10.2 Å². The molecule has 3 aromatic rings. The number of rotatable bonds is 4. The van der Waals surface area contributed by atoms with Crippen molar-refractivity contribution in [3.8, 4) is 11.3 Å². The molecule has 0 saturated carbocycles. The van der Waals surface area contributed by atoms with E-state index in [1.807, 2.05) is 44.2 Å². The van der Waals surface area contributed by atoms with E-state index in [1.54, 1.807) is 0 Å². The molecular formula is C24H27N3O. The molecule has 28 heavy (non-hydrogen) atoms. The van der Waals surface area contributed by atoms with Gasteiger partial charge < -0.3 is 10.2 Å². The van der Waals surface area contributed by atoms with Crippen molar-refractivity contribution in [3.63, 3.8) is 0 Å². The van der Waals surface area contributed by atoms with E-state index >= 15 is 0 Å². The number of amides is 1. The Hall–Kier alpha value is -2.88. The van der Waals surface area contributed by atoms with E-state index < -0.39 is 0 Å². The van der Waals surface area contributed by atoms with Crippen LogP contribution in [-0.4, -0.2) is 24.0 Å². The molecule has 0 spiro atoms. The predicted octanol–water partition coefficient (Wildman–Crippen LogP) is 5.49. The average Bonchev–Trinajstić information content (AvgIpc) is 2.74. The summed E-state index contributed by atoms with van der Waals surface area (Å²) in [7, 11) is 0. The number of hydrogen-bond donors (Lipinski definition) is 1. The molecule has 1 fully saturated rings. The molecule has 4 nitrogen and oxygen atoms in total. The molecule has 0 unspecified atom stereocenters. The van der Waals surface area contributed by atoms with Crippen LogP contribution in [0.25, 0.3) is 22.2 Å². The summed E-state index contributed by atoms with van der Waals surface area (Å²) in [6, 6.07) is 18.6. The van der Waals surface area contributed by atoms with E-state index in [9.17, 15) is 4.79 Å². The van der Waals surface area contributed by atoms with Crippen molar-refractivity contribution >= 4 is 28.2 Å². The topological polar surface area (TPSA) is 45.2 Å². The van der Waals surface area contributed by atoms with Crippen LogP contribution in [0, 0.1) is 5.92 Å². The number of aromatic nitrogens is 1. The van der Waals surface area contributed by atoms with Crippen molar-refractivity contribution in [1.29, 1.82) is 0 Å². The first-order chi connectivity index (χ1) is 13.6. The van der Waals surface area contributed by atoms with Crippen LogP contribution in [0.2, 0.25) is 0 Å². The van der Waals surface area contributed by atoms with Crippen LogP contribution in [-0.2, 0) is 4.79 Å². The Kier molecular flexibility index (Phi) is 5.29. The summed E-state index contributed by atoms with van der Waals surface area (Å²) in [6.07, 6.45) is 3.73. The maximum Gasteiger partial charge on any atom is 0.226 e. The van der Waals surface area contributed by atoms with Crippen LogP contribution >= 0.6 is 0 Å². The molecule has 2 aromatic carbocycles. The number of carbonyl (C=O) groups is 1. The van der Waals surface area contributed by atoms with Crippen molar-refractivity contribution < 1.29 is 4.79 Å². The molecule has 1 amide bonds. The molecule has 1 aliphatic rings. The lowest BCUT2D eigenvalue weighted by Crippen LogP contribution is -2.29. The summed E-state index contributed by atoms with van der Waals surface area (Å²) in [5.74, 6) is -0.0106. The molecule has 0 bridgehead atoms. The van der Waals surface area contributed by atoms with Gasteiger partial charge in [0, 0.05) is 41.3 Å². The number of hydrogen-bond acceptors (Lipinski definition) is 3. The van der Waals surface area contributed by atoms with E-state index in [-0.39, 0.29) is 11.8 Å². The van der Waals surface area contributed by atoms with E-state index in [1.165, 1.54) is 24.9 Å². The Morgan fingerprint density at radius 3 is 2.46 bits per heavy atom.